The number of methoxy groups -OCH3 is 2. The van der Waals surface area contributed by atoms with Crippen molar-refractivity contribution in [1.82, 2.24) is 10.6 Å². The van der Waals surface area contributed by atoms with Gasteiger partial charge in [-0.25, -0.2) is 9.18 Å². The number of alkyl carbamates (subject to hydrolysis) is 1. The number of nitrogens with one attached hydrogen (secondary N) is 2. The molecule has 0 radical (unpaired) electrons. The van der Waals surface area contributed by atoms with E-state index in [1.165, 1.54) is 20.3 Å². The lowest BCUT2D eigenvalue weighted by Crippen LogP contribution is -2.40. The number of benzene rings is 1. The molecule has 146 valence electrons. The number of hydrogen-bond acceptors (Lipinski definition) is 6. The Morgan fingerprint density at radius 1 is 1.27 bits per heavy atom. The summed E-state index contributed by atoms with van der Waals surface area (Å²) in [5, 5.41) is 5.98. The monoisotopic (exact) mass is 370 g/mol. The van der Waals surface area contributed by atoms with Crippen LogP contribution in [-0.4, -0.2) is 51.3 Å². The summed E-state index contributed by atoms with van der Waals surface area (Å²) in [5.74, 6) is -0.00995. The second-order valence-corrected chi connectivity index (χ2v) is 6.68. The van der Waals surface area contributed by atoms with Gasteiger partial charge in [-0.05, 0) is 39.8 Å². The van der Waals surface area contributed by atoms with Crippen LogP contribution >= 0.6 is 0 Å². The molecule has 1 aromatic rings. The molecule has 0 spiro atoms. The predicted molar refractivity (Wildman–Crippen MR) is 95.5 cm³/mol. The Morgan fingerprint density at radius 2 is 1.88 bits per heavy atom. The Kier molecular flexibility index (Phi) is 8.31. The summed E-state index contributed by atoms with van der Waals surface area (Å²) in [5.41, 5.74) is -0.450. The van der Waals surface area contributed by atoms with E-state index in [0.717, 1.165) is 25.6 Å². The van der Waals surface area contributed by atoms with Crippen LogP contribution in [0.15, 0.2) is 12.1 Å². The minimum absolute atomic E-state index is 0.0438. The summed E-state index contributed by atoms with van der Waals surface area (Å²) in [7, 11) is 2.82. The quantitative estimate of drug-likeness (QED) is 0.792. The van der Waals surface area contributed by atoms with Gasteiger partial charge in [0.05, 0.1) is 19.8 Å². The minimum atomic E-state index is -0.618. The summed E-state index contributed by atoms with van der Waals surface area (Å²) in [6.45, 7) is 7.40. The normalized spacial score (nSPS) is 16.2. The van der Waals surface area contributed by atoms with Gasteiger partial charge in [-0.1, -0.05) is 0 Å². The summed E-state index contributed by atoms with van der Waals surface area (Å²) < 4.78 is 27.8. The van der Waals surface area contributed by atoms with Crippen LogP contribution in [0.3, 0.4) is 0 Å². The fraction of sp³-hybridized carbons (Fsp3) is 0.556. The number of halogens is 1. The van der Waals surface area contributed by atoms with Crippen LogP contribution in [0.1, 0.15) is 37.6 Å². The fourth-order valence-electron chi connectivity index (χ4n) is 2.21. The minimum Gasteiger partial charge on any atom is -0.493 e. The highest BCUT2D eigenvalue weighted by atomic mass is 19.1. The smallest absolute Gasteiger partial charge is 0.407 e. The van der Waals surface area contributed by atoms with E-state index < -0.39 is 11.4 Å². The summed E-state index contributed by atoms with van der Waals surface area (Å²) in [6.07, 6.45) is 1.09. The van der Waals surface area contributed by atoms with Crippen LogP contribution in [0, 0.1) is 5.82 Å². The SMILES string of the molecule is CC(C)(C)OC(=O)N[C@H]1CCNC1.COc1cc(F)c(C=O)cc1OC. The molecule has 8 heteroatoms. The van der Waals surface area contributed by atoms with E-state index >= 15 is 0 Å². The van der Waals surface area contributed by atoms with Crippen molar-refractivity contribution >= 4 is 12.4 Å². The molecule has 1 aromatic carbocycles. The first-order valence-electron chi connectivity index (χ1n) is 8.27. The Morgan fingerprint density at radius 3 is 2.35 bits per heavy atom. The highest BCUT2D eigenvalue weighted by molar-refractivity contribution is 5.77. The van der Waals surface area contributed by atoms with Gasteiger partial charge >= 0.3 is 6.09 Å². The van der Waals surface area contributed by atoms with Gasteiger partial charge in [0.25, 0.3) is 0 Å². The zero-order valence-corrected chi connectivity index (χ0v) is 15.8. The summed E-state index contributed by atoms with van der Waals surface area (Å²) in [6, 6.07) is 2.64. The van der Waals surface area contributed by atoms with Gasteiger partial charge in [-0.2, -0.15) is 0 Å². The van der Waals surface area contributed by atoms with Crippen molar-refractivity contribution in [1.29, 1.82) is 0 Å². The van der Waals surface area contributed by atoms with E-state index in [9.17, 15) is 14.0 Å². The number of aldehydes is 1. The molecule has 0 bridgehead atoms. The van der Waals surface area contributed by atoms with Crippen molar-refractivity contribution in [3.63, 3.8) is 0 Å². The van der Waals surface area contributed by atoms with E-state index in [-0.39, 0.29) is 23.4 Å². The summed E-state index contributed by atoms with van der Waals surface area (Å²) >= 11 is 0. The van der Waals surface area contributed by atoms with Crippen LogP contribution in [0.5, 0.6) is 11.5 Å². The zero-order chi connectivity index (χ0) is 19.7. The van der Waals surface area contributed by atoms with E-state index in [4.69, 9.17) is 14.2 Å². The molecule has 0 saturated carbocycles. The summed E-state index contributed by atoms with van der Waals surface area (Å²) in [4.78, 5) is 21.6. The van der Waals surface area contributed by atoms with Crippen molar-refractivity contribution in [2.75, 3.05) is 27.3 Å². The first-order valence-corrected chi connectivity index (χ1v) is 8.27. The average molecular weight is 370 g/mol. The van der Waals surface area contributed by atoms with E-state index in [1.807, 2.05) is 20.8 Å². The number of rotatable bonds is 4. The lowest BCUT2D eigenvalue weighted by molar-refractivity contribution is 0.0508. The van der Waals surface area contributed by atoms with Gasteiger partial charge in [-0.3, -0.25) is 4.79 Å². The lowest BCUT2D eigenvalue weighted by Gasteiger charge is -2.21. The zero-order valence-electron chi connectivity index (χ0n) is 15.8. The molecule has 1 fully saturated rings. The van der Waals surface area contributed by atoms with Crippen molar-refractivity contribution in [3.8, 4) is 11.5 Å². The largest absolute Gasteiger partial charge is 0.493 e. The maximum atomic E-state index is 13.0. The molecule has 0 unspecified atom stereocenters. The molecule has 1 aliphatic heterocycles. The second kappa shape index (κ2) is 9.96. The molecule has 0 aromatic heterocycles. The molecule has 26 heavy (non-hydrogen) atoms. The number of hydrogen-bond donors (Lipinski definition) is 2. The number of amides is 1. The average Bonchev–Trinajstić information content (AvgIpc) is 3.06. The molecular formula is C18H27FN2O5. The van der Waals surface area contributed by atoms with Gasteiger partial charge in [0.1, 0.15) is 11.4 Å². The highest BCUT2D eigenvalue weighted by Gasteiger charge is 2.21. The number of carbonyl (C=O) groups excluding carboxylic acids is 2. The van der Waals surface area contributed by atoms with Crippen LogP contribution < -0.4 is 20.1 Å². The van der Waals surface area contributed by atoms with E-state index in [2.05, 4.69) is 10.6 Å². The second-order valence-electron chi connectivity index (χ2n) is 6.68. The van der Waals surface area contributed by atoms with Crippen molar-refractivity contribution in [3.05, 3.63) is 23.5 Å². The van der Waals surface area contributed by atoms with Crippen LogP contribution in [0.25, 0.3) is 0 Å². The predicted octanol–water partition coefficient (Wildman–Crippen LogP) is 2.53. The Balaban J connectivity index is 0.000000260. The molecule has 1 heterocycles. The van der Waals surface area contributed by atoms with Gasteiger partial charge in [0.15, 0.2) is 17.8 Å². The molecular weight excluding hydrogens is 343 g/mol. The van der Waals surface area contributed by atoms with Crippen LogP contribution in [-0.2, 0) is 4.74 Å². The Bertz CT molecular complexity index is 610. The highest BCUT2D eigenvalue weighted by Crippen LogP contribution is 2.28. The van der Waals surface area contributed by atoms with Gasteiger partial charge in [0, 0.05) is 18.7 Å². The Hall–Kier alpha value is -2.35. The fourth-order valence-corrected chi connectivity index (χ4v) is 2.21. The first-order chi connectivity index (χ1) is 12.2. The third-order valence-electron chi connectivity index (χ3n) is 3.41. The molecule has 7 nitrogen and oxygen atoms in total. The van der Waals surface area contributed by atoms with Crippen molar-refractivity contribution in [2.24, 2.45) is 0 Å². The molecule has 0 aliphatic carbocycles. The standard InChI is InChI=1S/C9H9FO3.C9H18N2O2/c1-12-8-3-6(5-11)7(10)4-9(8)13-2;1-9(2,3)13-8(12)11-7-4-5-10-6-7/h3-5H,1-2H3;7,10H,4-6H2,1-3H3,(H,11,12)/t;7-/m.0/s1. The van der Waals surface area contributed by atoms with Crippen LogP contribution in [0.2, 0.25) is 0 Å². The molecule has 2 N–H and O–H groups in total. The molecule has 1 amide bonds. The van der Waals surface area contributed by atoms with Gasteiger partial charge in [0.2, 0.25) is 0 Å². The molecule has 1 aliphatic rings. The topological polar surface area (TPSA) is 85.9 Å². The molecule has 1 atom stereocenters. The molecule has 1 saturated heterocycles. The number of ether oxygens (including phenoxy) is 3. The van der Waals surface area contributed by atoms with Gasteiger partial charge in [-0.15, -0.1) is 0 Å². The Labute approximate surface area is 153 Å². The van der Waals surface area contributed by atoms with Crippen LogP contribution in [0.4, 0.5) is 9.18 Å². The van der Waals surface area contributed by atoms with Gasteiger partial charge < -0.3 is 24.8 Å². The van der Waals surface area contributed by atoms with E-state index in [1.54, 1.807) is 0 Å². The molecule has 2 rings (SSSR count). The maximum Gasteiger partial charge on any atom is 0.407 e. The third-order valence-corrected chi connectivity index (χ3v) is 3.41. The van der Waals surface area contributed by atoms with E-state index in [0.29, 0.717) is 12.0 Å². The van der Waals surface area contributed by atoms with Crippen molar-refractivity contribution in [2.45, 2.75) is 38.8 Å². The van der Waals surface area contributed by atoms with Crippen molar-refractivity contribution < 1.29 is 28.2 Å². The first kappa shape index (κ1) is 21.7. The number of carbonyl (C=O) groups is 2. The maximum absolute atomic E-state index is 13.0. The third kappa shape index (κ3) is 7.26. The lowest BCUT2D eigenvalue weighted by atomic mass is 10.2.